The number of nitrogens with zero attached hydrogens (tertiary/aromatic N) is 1. The summed E-state index contributed by atoms with van der Waals surface area (Å²) in [5.74, 6) is 3.19. The van der Waals surface area contributed by atoms with Crippen molar-refractivity contribution >= 4 is 11.8 Å². The van der Waals surface area contributed by atoms with E-state index in [-0.39, 0.29) is 28.8 Å². The average molecular weight is 472 g/mol. The molecular formula is C29H45NO4. The van der Waals surface area contributed by atoms with Gasteiger partial charge in [-0.15, -0.1) is 0 Å². The number of rotatable bonds is 5. The fourth-order valence-electron chi connectivity index (χ4n) is 9.28. The fraction of sp³-hybridized carbons (Fsp3) is 0.862. The van der Waals surface area contributed by atoms with Gasteiger partial charge < -0.3 is 9.47 Å². The van der Waals surface area contributed by atoms with E-state index in [4.69, 9.17) is 9.47 Å². The van der Waals surface area contributed by atoms with Crippen molar-refractivity contribution in [2.45, 2.75) is 85.2 Å². The highest BCUT2D eigenvalue weighted by atomic mass is 16.5. The van der Waals surface area contributed by atoms with Gasteiger partial charge in [0.25, 0.3) is 0 Å². The van der Waals surface area contributed by atoms with E-state index in [1.165, 1.54) is 19.3 Å². The van der Waals surface area contributed by atoms with Crippen LogP contribution >= 0.6 is 0 Å². The topological polar surface area (TPSA) is 55.8 Å². The van der Waals surface area contributed by atoms with Crippen LogP contribution in [0.5, 0.6) is 0 Å². The summed E-state index contributed by atoms with van der Waals surface area (Å²) < 4.78 is 11.4. The summed E-state index contributed by atoms with van der Waals surface area (Å²) in [6.45, 7) is 13.2. The lowest BCUT2D eigenvalue weighted by atomic mass is 9.47. The monoisotopic (exact) mass is 471 g/mol. The molecule has 1 saturated heterocycles. The molecular weight excluding hydrogens is 426 g/mol. The molecule has 8 atom stereocenters. The number of fused-ring (bicyclic) bond motifs is 5. The average Bonchev–Trinajstić information content (AvgIpc) is 3.08. The molecule has 0 unspecified atom stereocenters. The molecule has 0 aromatic rings. The van der Waals surface area contributed by atoms with Crippen LogP contribution < -0.4 is 0 Å². The fourth-order valence-corrected chi connectivity index (χ4v) is 9.28. The Kier molecular flexibility index (Phi) is 6.74. The maximum Gasteiger partial charge on any atom is 0.307 e. The van der Waals surface area contributed by atoms with E-state index in [0.717, 1.165) is 58.5 Å². The molecule has 0 amide bonds. The summed E-state index contributed by atoms with van der Waals surface area (Å²) in [6.07, 6.45) is 10.8. The first kappa shape index (κ1) is 24.5. The normalized spacial score (nSPS) is 44.4. The van der Waals surface area contributed by atoms with E-state index in [1.807, 2.05) is 6.92 Å². The molecule has 0 aromatic carbocycles. The van der Waals surface area contributed by atoms with E-state index in [1.54, 1.807) is 5.57 Å². The van der Waals surface area contributed by atoms with Gasteiger partial charge in [-0.05, 0) is 80.0 Å². The second-order valence-corrected chi connectivity index (χ2v) is 12.7. The van der Waals surface area contributed by atoms with E-state index in [2.05, 4.69) is 31.7 Å². The second kappa shape index (κ2) is 9.35. The van der Waals surface area contributed by atoms with Crippen LogP contribution in [0.3, 0.4) is 0 Å². The van der Waals surface area contributed by atoms with Gasteiger partial charge in [0.2, 0.25) is 0 Å². The van der Waals surface area contributed by atoms with E-state index < -0.39 is 0 Å². The van der Waals surface area contributed by atoms with Crippen molar-refractivity contribution in [2.24, 2.45) is 40.4 Å². The number of ether oxygens (including phenoxy) is 2. The molecule has 0 radical (unpaired) electrons. The van der Waals surface area contributed by atoms with Crippen molar-refractivity contribution in [1.29, 1.82) is 0 Å². The lowest BCUT2D eigenvalue weighted by Crippen LogP contribution is -2.51. The SMILES string of the molecule is CC(=O)[C@@H]1[C@H](C)C[C@@H]2[C@@H]3CC=C4C[C@H](OC(=O)CCN5CCOCC5)CC[C@]4(C)[C@@H]3CC[C@@]21C. The zero-order valence-corrected chi connectivity index (χ0v) is 21.8. The molecule has 0 spiro atoms. The molecule has 5 nitrogen and oxygen atoms in total. The number of hydrogen-bond acceptors (Lipinski definition) is 5. The molecule has 34 heavy (non-hydrogen) atoms. The van der Waals surface area contributed by atoms with Gasteiger partial charge in [0.15, 0.2) is 0 Å². The van der Waals surface area contributed by atoms with Gasteiger partial charge in [-0.1, -0.05) is 32.4 Å². The maximum atomic E-state index is 12.6. The first-order chi connectivity index (χ1) is 16.2. The third kappa shape index (κ3) is 4.19. The van der Waals surface area contributed by atoms with Crippen LogP contribution in [0.1, 0.15) is 79.1 Å². The molecule has 190 valence electrons. The Hall–Kier alpha value is -1.20. The summed E-state index contributed by atoms with van der Waals surface area (Å²) in [7, 11) is 0. The zero-order chi connectivity index (χ0) is 24.1. The molecule has 0 bridgehead atoms. The number of carbonyl (C=O) groups excluding carboxylic acids is 2. The van der Waals surface area contributed by atoms with Gasteiger partial charge >= 0.3 is 5.97 Å². The Balaban J connectivity index is 1.22. The minimum absolute atomic E-state index is 0.0375. The molecule has 1 heterocycles. The van der Waals surface area contributed by atoms with Gasteiger partial charge in [-0.25, -0.2) is 0 Å². The molecule has 1 aliphatic heterocycles. The summed E-state index contributed by atoms with van der Waals surface area (Å²) in [6, 6.07) is 0. The van der Waals surface area contributed by atoms with Crippen LogP contribution in [0.15, 0.2) is 11.6 Å². The molecule has 5 aliphatic rings. The predicted octanol–water partition coefficient (Wildman–Crippen LogP) is 5.03. The van der Waals surface area contributed by atoms with Gasteiger partial charge in [0, 0.05) is 32.0 Å². The van der Waals surface area contributed by atoms with Crippen molar-refractivity contribution in [3.63, 3.8) is 0 Å². The number of allylic oxidation sites excluding steroid dienone is 1. The van der Waals surface area contributed by atoms with Gasteiger partial charge in [0.05, 0.1) is 19.6 Å². The Morgan fingerprint density at radius 1 is 1.15 bits per heavy atom. The highest BCUT2D eigenvalue weighted by Crippen LogP contribution is 2.67. The summed E-state index contributed by atoms with van der Waals surface area (Å²) >= 11 is 0. The number of hydrogen-bond donors (Lipinski definition) is 0. The molecule has 4 aliphatic carbocycles. The van der Waals surface area contributed by atoms with Crippen LogP contribution in [0, 0.1) is 40.4 Å². The number of esters is 1. The van der Waals surface area contributed by atoms with Gasteiger partial charge in [-0.2, -0.15) is 0 Å². The molecule has 3 saturated carbocycles. The third-order valence-electron chi connectivity index (χ3n) is 10.9. The lowest BCUT2D eigenvalue weighted by Gasteiger charge is -2.58. The Labute approximate surface area is 206 Å². The first-order valence-corrected chi connectivity index (χ1v) is 13.9. The number of carbonyl (C=O) groups is 2. The second-order valence-electron chi connectivity index (χ2n) is 12.7. The number of Topliss-reactive ketones (excluding diaryl/α,β-unsaturated/α-hetero) is 1. The van der Waals surface area contributed by atoms with Crippen molar-refractivity contribution in [1.82, 2.24) is 4.90 Å². The first-order valence-electron chi connectivity index (χ1n) is 13.9. The summed E-state index contributed by atoms with van der Waals surface area (Å²) in [5, 5.41) is 0. The van der Waals surface area contributed by atoms with Crippen molar-refractivity contribution < 1.29 is 19.1 Å². The van der Waals surface area contributed by atoms with Crippen molar-refractivity contribution in [3.8, 4) is 0 Å². The smallest absolute Gasteiger partial charge is 0.307 e. The van der Waals surface area contributed by atoms with Crippen molar-refractivity contribution in [2.75, 3.05) is 32.8 Å². The van der Waals surface area contributed by atoms with Gasteiger partial charge in [-0.3, -0.25) is 14.5 Å². The van der Waals surface area contributed by atoms with E-state index >= 15 is 0 Å². The highest BCUT2D eigenvalue weighted by Gasteiger charge is 2.61. The Bertz CT molecular complexity index is 832. The van der Waals surface area contributed by atoms with Crippen LogP contribution in [-0.2, 0) is 19.1 Å². The highest BCUT2D eigenvalue weighted by molar-refractivity contribution is 5.80. The van der Waals surface area contributed by atoms with Gasteiger partial charge in [0.1, 0.15) is 11.9 Å². The Morgan fingerprint density at radius 2 is 1.91 bits per heavy atom. The minimum atomic E-state index is -0.0435. The van der Waals surface area contributed by atoms with Crippen LogP contribution in [0.4, 0.5) is 0 Å². The molecule has 5 rings (SSSR count). The number of ketones is 1. The molecule has 5 heteroatoms. The molecule has 0 aromatic heterocycles. The zero-order valence-electron chi connectivity index (χ0n) is 21.8. The maximum absolute atomic E-state index is 12.6. The lowest BCUT2D eigenvalue weighted by molar-refractivity contribution is -0.152. The largest absolute Gasteiger partial charge is 0.462 e. The van der Waals surface area contributed by atoms with Crippen LogP contribution in [-0.4, -0.2) is 55.6 Å². The van der Waals surface area contributed by atoms with E-state index in [0.29, 0.717) is 35.9 Å². The van der Waals surface area contributed by atoms with E-state index in [9.17, 15) is 9.59 Å². The van der Waals surface area contributed by atoms with Crippen molar-refractivity contribution in [3.05, 3.63) is 11.6 Å². The minimum Gasteiger partial charge on any atom is -0.462 e. The number of morpholine rings is 1. The summed E-state index contributed by atoms with van der Waals surface area (Å²) in [5.41, 5.74) is 1.96. The van der Waals surface area contributed by atoms with Crippen LogP contribution in [0.2, 0.25) is 0 Å². The summed E-state index contributed by atoms with van der Waals surface area (Å²) in [4.78, 5) is 27.4. The van der Waals surface area contributed by atoms with Crippen LogP contribution in [0.25, 0.3) is 0 Å². The quantitative estimate of drug-likeness (QED) is 0.416. The predicted molar refractivity (Wildman–Crippen MR) is 132 cm³/mol. The standard InChI is InChI=1S/C29H45NO4/c1-19-17-25-23-6-5-21-18-22(34-26(32)9-12-30-13-15-33-16-14-30)7-10-28(21,3)24(23)8-11-29(25,4)27(19)20(2)31/h5,19,22-25,27H,6-18H2,1-4H3/t19-,22-,23-,24-,25-,27+,28+,29+/m1/s1. The third-order valence-corrected chi connectivity index (χ3v) is 10.9. The molecule has 4 fully saturated rings. The Morgan fingerprint density at radius 3 is 2.65 bits per heavy atom. The molecule has 0 N–H and O–H groups in total.